The second kappa shape index (κ2) is 8.15. The predicted molar refractivity (Wildman–Crippen MR) is 111 cm³/mol. The molecule has 4 rings (SSSR count). The summed E-state index contributed by atoms with van der Waals surface area (Å²) < 4.78 is 0.967. The van der Waals surface area contributed by atoms with E-state index in [1.165, 1.54) is 5.56 Å². The summed E-state index contributed by atoms with van der Waals surface area (Å²) in [4.78, 5) is 29.7. The molecule has 142 valence electrons. The lowest BCUT2D eigenvalue weighted by Crippen LogP contribution is -2.44. The maximum absolute atomic E-state index is 13.1. The van der Waals surface area contributed by atoms with Crippen LogP contribution in [0.1, 0.15) is 41.6 Å². The largest absolute Gasteiger partial charge is 0.339 e. The topological polar surface area (TPSA) is 40.6 Å². The Morgan fingerprint density at radius 2 is 1.78 bits per heavy atom. The molecule has 1 aliphatic heterocycles. The van der Waals surface area contributed by atoms with Crippen LogP contribution in [0.4, 0.5) is 0 Å². The summed E-state index contributed by atoms with van der Waals surface area (Å²) in [6.07, 6.45) is 3.76. The van der Waals surface area contributed by atoms with Crippen molar-refractivity contribution in [2.45, 2.75) is 38.3 Å². The second-order valence-corrected chi connectivity index (χ2v) is 9.10. The average molecular weight is 447 g/mol. The fraction of sp³-hybridized carbons (Fsp3) is 0.429. The molecule has 1 aromatic heterocycles. The van der Waals surface area contributed by atoms with E-state index in [0.717, 1.165) is 36.7 Å². The van der Waals surface area contributed by atoms with Gasteiger partial charge in [0, 0.05) is 41.6 Å². The zero-order valence-corrected chi connectivity index (χ0v) is 17.5. The zero-order chi connectivity index (χ0) is 18.8. The standard InChI is InChI=1S/C21H23BrN2O2S/c22-18-3-1-16(2-4-18)20(25)23-10-7-17(8-11-23)21(26)24(19-5-6-19)13-15-9-12-27-14-15/h1-4,9,12,14,17,19H,5-8,10-11,13H2. The SMILES string of the molecule is O=C(c1ccc(Br)cc1)N1CCC(C(=O)N(Cc2ccsc2)C2CC2)CC1. The fourth-order valence-electron chi connectivity index (χ4n) is 3.69. The molecule has 0 unspecified atom stereocenters. The van der Waals surface area contributed by atoms with Gasteiger partial charge in [-0.3, -0.25) is 9.59 Å². The van der Waals surface area contributed by atoms with Crippen molar-refractivity contribution in [3.63, 3.8) is 0 Å². The minimum Gasteiger partial charge on any atom is -0.339 e. The second-order valence-electron chi connectivity index (χ2n) is 7.40. The number of thiophene rings is 1. The molecule has 27 heavy (non-hydrogen) atoms. The van der Waals surface area contributed by atoms with Crippen LogP contribution in [0.5, 0.6) is 0 Å². The molecule has 2 fully saturated rings. The Hall–Kier alpha value is -1.66. The van der Waals surface area contributed by atoms with Crippen LogP contribution in [0.2, 0.25) is 0 Å². The van der Waals surface area contributed by atoms with Gasteiger partial charge in [-0.25, -0.2) is 0 Å². The smallest absolute Gasteiger partial charge is 0.253 e. The maximum atomic E-state index is 13.1. The molecule has 2 amide bonds. The fourth-order valence-corrected chi connectivity index (χ4v) is 4.62. The molecule has 0 N–H and O–H groups in total. The highest BCUT2D eigenvalue weighted by molar-refractivity contribution is 9.10. The first-order chi connectivity index (χ1) is 13.1. The molecule has 4 nitrogen and oxygen atoms in total. The van der Waals surface area contributed by atoms with E-state index in [0.29, 0.717) is 24.7 Å². The van der Waals surface area contributed by atoms with Crippen molar-refractivity contribution in [1.82, 2.24) is 9.80 Å². The van der Waals surface area contributed by atoms with Crippen LogP contribution in [0.3, 0.4) is 0 Å². The van der Waals surface area contributed by atoms with Crippen LogP contribution >= 0.6 is 27.3 Å². The van der Waals surface area contributed by atoms with Gasteiger partial charge in [-0.2, -0.15) is 11.3 Å². The van der Waals surface area contributed by atoms with E-state index in [-0.39, 0.29) is 17.7 Å². The number of piperidine rings is 1. The summed E-state index contributed by atoms with van der Waals surface area (Å²) in [5, 5.41) is 4.19. The molecule has 1 aromatic carbocycles. The summed E-state index contributed by atoms with van der Waals surface area (Å²) in [6.45, 7) is 2.04. The molecule has 0 bridgehead atoms. The molecule has 2 heterocycles. The third-order valence-electron chi connectivity index (χ3n) is 5.43. The molecule has 0 atom stereocenters. The number of hydrogen-bond acceptors (Lipinski definition) is 3. The minimum atomic E-state index is 0.0400. The van der Waals surface area contributed by atoms with Crippen LogP contribution in [-0.4, -0.2) is 40.7 Å². The minimum absolute atomic E-state index is 0.0400. The Bertz CT molecular complexity index is 794. The Kier molecular flexibility index (Phi) is 5.64. The Labute approximate surface area is 172 Å². The maximum Gasteiger partial charge on any atom is 0.253 e. The lowest BCUT2D eigenvalue weighted by atomic mass is 9.94. The Morgan fingerprint density at radius 3 is 2.37 bits per heavy atom. The number of benzene rings is 1. The monoisotopic (exact) mass is 446 g/mol. The molecule has 1 saturated heterocycles. The van der Waals surface area contributed by atoms with Gasteiger partial charge in [-0.15, -0.1) is 0 Å². The van der Waals surface area contributed by atoms with Crippen molar-refractivity contribution in [3.8, 4) is 0 Å². The molecule has 1 saturated carbocycles. The molecule has 0 spiro atoms. The number of likely N-dealkylation sites (tertiary alicyclic amines) is 1. The Balaban J connectivity index is 1.35. The van der Waals surface area contributed by atoms with Crippen molar-refractivity contribution in [2.75, 3.05) is 13.1 Å². The predicted octanol–water partition coefficient (Wildman–Crippen LogP) is 4.55. The number of rotatable bonds is 5. The number of nitrogens with zero attached hydrogens (tertiary/aromatic N) is 2. The molecular formula is C21H23BrN2O2S. The third kappa shape index (κ3) is 4.43. The average Bonchev–Trinajstić information content (AvgIpc) is 3.41. The first-order valence-electron chi connectivity index (χ1n) is 9.48. The molecular weight excluding hydrogens is 424 g/mol. The van der Waals surface area contributed by atoms with E-state index in [1.54, 1.807) is 11.3 Å². The molecule has 0 radical (unpaired) electrons. The van der Waals surface area contributed by atoms with E-state index >= 15 is 0 Å². The van der Waals surface area contributed by atoms with Gasteiger partial charge in [0.1, 0.15) is 0 Å². The number of halogens is 1. The van der Waals surface area contributed by atoms with E-state index < -0.39 is 0 Å². The van der Waals surface area contributed by atoms with Crippen LogP contribution in [0, 0.1) is 5.92 Å². The van der Waals surface area contributed by atoms with Gasteiger partial charge in [-0.05, 0) is 72.3 Å². The molecule has 6 heteroatoms. The van der Waals surface area contributed by atoms with Crippen molar-refractivity contribution >= 4 is 39.1 Å². The van der Waals surface area contributed by atoms with Gasteiger partial charge >= 0.3 is 0 Å². The van der Waals surface area contributed by atoms with Gasteiger partial charge in [0.25, 0.3) is 5.91 Å². The van der Waals surface area contributed by atoms with Crippen LogP contribution < -0.4 is 0 Å². The quantitative estimate of drug-likeness (QED) is 0.675. The molecule has 2 aliphatic rings. The van der Waals surface area contributed by atoms with Gasteiger partial charge in [0.05, 0.1) is 0 Å². The summed E-state index contributed by atoms with van der Waals surface area (Å²) >= 11 is 5.08. The number of carbonyl (C=O) groups excluding carboxylic acids is 2. The van der Waals surface area contributed by atoms with E-state index in [4.69, 9.17) is 0 Å². The van der Waals surface area contributed by atoms with E-state index in [1.807, 2.05) is 29.2 Å². The van der Waals surface area contributed by atoms with Crippen molar-refractivity contribution in [1.29, 1.82) is 0 Å². The van der Waals surface area contributed by atoms with Gasteiger partial charge < -0.3 is 9.80 Å². The van der Waals surface area contributed by atoms with Gasteiger partial charge in [0.15, 0.2) is 0 Å². The molecule has 1 aliphatic carbocycles. The lowest BCUT2D eigenvalue weighted by molar-refractivity contribution is -0.138. The first kappa shape index (κ1) is 18.7. The summed E-state index contributed by atoms with van der Waals surface area (Å²) in [7, 11) is 0. The highest BCUT2D eigenvalue weighted by Gasteiger charge is 2.37. The van der Waals surface area contributed by atoms with E-state index in [9.17, 15) is 9.59 Å². The number of amides is 2. The van der Waals surface area contributed by atoms with Gasteiger partial charge in [0.2, 0.25) is 5.91 Å². The lowest BCUT2D eigenvalue weighted by Gasteiger charge is -2.34. The third-order valence-corrected chi connectivity index (χ3v) is 6.69. The first-order valence-corrected chi connectivity index (χ1v) is 11.2. The zero-order valence-electron chi connectivity index (χ0n) is 15.1. The van der Waals surface area contributed by atoms with Crippen LogP contribution in [-0.2, 0) is 11.3 Å². The van der Waals surface area contributed by atoms with E-state index in [2.05, 4.69) is 37.7 Å². The van der Waals surface area contributed by atoms with Gasteiger partial charge in [-0.1, -0.05) is 15.9 Å². The van der Waals surface area contributed by atoms with Crippen molar-refractivity contribution < 1.29 is 9.59 Å². The van der Waals surface area contributed by atoms with Crippen molar-refractivity contribution in [2.24, 2.45) is 5.92 Å². The Morgan fingerprint density at radius 1 is 1.07 bits per heavy atom. The summed E-state index contributed by atoms with van der Waals surface area (Å²) in [5.74, 6) is 0.378. The summed E-state index contributed by atoms with van der Waals surface area (Å²) in [6, 6.07) is 9.99. The number of hydrogen-bond donors (Lipinski definition) is 0. The van der Waals surface area contributed by atoms with Crippen LogP contribution in [0.15, 0.2) is 45.6 Å². The number of carbonyl (C=O) groups is 2. The van der Waals surface area contributed by atoms with Crippen LogP contribution in [0.25, 0.3) is 0 Å². The highest BCUT2D eigenvalue weighted by atomic mass is 79.9. The normalized spacial score (nSPS) is 17.7. The highest BCUT2D eigenvalue weighted by Crippen LogP contribution is 2.32. The summed E-state index contributed by atoms with van der Waals surface area (Å²) in [5.41, 5.74) is 1.93. The van der Waals surface area contributed by atoms with Crippen molar-refractivity contribution in [3.05, 3.63) is 56.7 Å². The molecule has 2 aromatic rings.